The molecule has 0 aliphatic carbocycles. The Morgan fingerprint density at radius 2 is 1.89 bits per heavy atom. The lowest BCUT2D eigenvalue weighted by Crippen LogP contribution is -2.04. The molecule has 3 rings (SSSR count). The second kappa shape index (κ2) is 7.48. The molecule has 3 aromatic rings. The van der Waals surface area contributed by atoms with Gasteiger partial charge in [-0.3, -0.25) is 15.1 Å². The number of nitro benzene ring substituents is 1. The van der Waals surface area contributed by atoms with E-state index in [2.05, 4.69) is 4.99 Å². The van der Waals surface area contributed by atoms with E-state index < -0.39 is 10.9 Å². The van der Waals surface area contributed by atoms with E-state index in [0.717, 1.165) is 28.2 Å². The molecule has 0 radical (unpaired) electrons. The van der Waals surface area contributed by atoms with Crippen molar-refractivity contribution in [2.75, 3.05) is 0 Å². The van der Waals surface area contributed by atoms with Gasteiger partial charge in [0.05, 0.1) is 16.2 Å². The zero-order chi connectivity index (χ0) is 20.4. The number of hydrogen-bond donors (Lipinski definition) is 1. The van der Waals surface area contributed by atoms with Gasteiger partial charge in [0.25, 0.3) is 5.69 Å². The standard InChI is InChI=1S/C21H19N3O4/c1-13-9-16(21(25)26)7-8-20(13)23-14(2)10-17(15(23)3)12-22-18-5-4-6-19(11-18)24(27)28/h4-12H,1-3H3,(H,25,26). The SMILES string of the molecule is Cc1cc(C(=O)O)ccc1-n1c(C)cc(C=Nc2cccc([N+](=O)[O-])c2)c1C. The third-order valence-electron chi connectivity index (χ3n) is 4.55. The Morgan fingerprint density at radius 3 is 2.54 bits per heavy atom. The topological polar surface area (TPSA) is 97.7 Å². The van der Waals surface area contributed by atoms with E-state index in [9.17, 15) is 14.9 Å². The number of aromatic nitrogens is 1. The number of aliphatic imine (C=N–C) groups is 1. The highest BCUT2D eigenvalue weighted by atomic mass is 16.6. The Hall–Kier alpha value is -3.74. The maximum absolute atomic E-state index is 11.2. The van der Waals surface area contributed by atoms with Crippen LogP contribution in [0.5, 0.6) is 0 Å². The van der Waals surface area contributed by atoms with Crippen LogP contribution < -0.4 is 0 Å². The number of aryl methyl sites for hydroxylation is 2. The van der Waals surface area contributed by atoms with Crippen LogP contribution in [-0.2, 0) is 0 Å². The Kier molecular flexibility index (Phi) is 5.08. The number of hydrogen-bond acceptors (Lipinski definition) is 4. The number of aromatic carboxylic acids is 1. The fourth-order valence-electron chi connectivity index (χ4n) is 3.16. The average molecular weight is 377 g/mol. The van der Waals surface area contributed by atoms with Gasteiger partial charge in [-0.2, -0.15) is 0 Å². The van der Waals surface area contributed by atoms with Gasteiger partial charge in [-0.05, 0) is 56.7 Å². The van der Waals surface area contributed by atoms with Gasteiger partial charge in [-0.1, -0.05) is 6.07 Å². The summed E-state index contributed by atoms with van der Waals surface area (Å²) < 4.78 is 2.04. The summed E-state index contributed by atoms with van der Waals surface area (Å²) in [5.41, 5.74) is 5.29. The minimum absolute atomic E-state index is 0.00531. The Balaban J connectivity index is 1.98. The van der Waals surface area contributed by atoms with Gasteiger partial charge in [-0.15, -0.1) is 0 Å². The zero-order valence-corrected chi connectivity index (χ0v) is 15.7. The van der Waals surface area contributed by atoms with Crippen molar-refractivity contribution in [2.24, 2.45) is 4.99 Å². The highest BCUT2D eigenvalue weighted by molar-refractivity contribution is 5.88. The van der Waals surface area contributed by atoms with Crippen LogP contribution >= 0.6 is 0 Å². The second-order valence-electron chi connectivity index (χ2n) is 6.50. The monoisotopic (exact) mass is 377 g/mol. The summed E-state index contributed by atoms with van der Waals surface area (Å²) >= 11 is 0. The van der Waals surface area contributed by atoms with Crippen molar-refractivity contribution < 1.29 is 14.8 Å². The fraction of sp³-hybridized carbons (Fsp3) is 0.143. The molecule has 28 heavy (non-hydrogen) atoms. The van der Waals surface area contributed by atoms with Gasteiger partial charge in [0.15, 0.2) is 0 Å². The van der Waals surface area contributed by atoms with Crippen LogP contribution in [0.1, 0.15) is 32.9 Å². The Bertz CT molecular complexity index is 1110. The molecule has 0 unspecified atom stereocenters. The highest BCUT2D eigenvalue weighted by Crippen LogP contribution is 2.25. The van der Waals surface area contributed by atoms with Gasteiger partial charge >= 0.3 is 5.97 Å². The molecule has 0 bridgehead atoms. The molecule has 0 amide bonds. The summed E-state index contributed by atoms with van der Waals surface area (Å²) in [6.45, 7) is 5.78. The number of carboxylic acid groups (broad SMARTS) is 1. The first kappa shape index (κ1) is 19.0. The minimum Gasteiger partial charge on any atom is -0.478 e. The van der Waals surface area contributed by atoms with Gasteiger partial charge < -0.3 is 9.67 Å². The van der Waals surface area contributed by atoms with E-state index in [1.165, 1.54) is 12.1 Å². The molecule has 0 spiro atoms. The van der Waals surface area contributed by atoms with Crippen LogP contribution in [0.15, 0.2) is 53.5 Å². The summed E-state index contributed by atoms with van der Waals surface area (Å²) in [4.78, 5) is 26.0. The summed E-state index contributed by atoms with van der Waals surface area (Å²) in [5, 5.41) is 20.0. The lowest BCUT2D eigenvalue weighted by Gasteiger charge is -2.13. The molecule has 7 nitrogen and oxygen atoms in total. The first-order valence-corrected chi connectivity index (χ1v) is 8.59. The van der Waals surface area contributed by atoms with Crippen LogP contribution in [0.25, 0.3) is 5.69 Å². The molecule has 2 aromatic carbocycles. The van der Waals surface area contributed by atoms with Crippen LogP contribution in [0.2, 0.25) is 0 Å². The number of benzene rings is 2. The average Bonchev–Trinajstić information content (AvgIpc) is 2.93. The van der Waals surface area contributed by atoms with Crippen molar-refractivity contribution in [3.8, 4) is 5.69 Å². The molecule has 1 heterocycles. The molecule has 0 aliphatic rings. The number of non-ortho nitro benzene ring substituents is 1. The third kappa shape index (κ3) is 3.68. The quantitative estimate of drug-likeness (QED) is 0.394. The number of nitro groups is 1. The maximum atomic E-state index is 11.2. The molecule has 0 saturated heterocycles. The van der Waals surface area contributed by atoms with E-state index in [-0.39, 0.29) is 11.3 Å². The van der Waals surface area contributed by atoms with Crippen molar-refractivity contribution in [1.82, 2.24) is 4.57 Å². The summed E-state index contributed by atoms with van der Waals surface area (Å²) in [6.07, 6.45) is 1.68. The largest absolute Gasteiger partial charge is 0.478 e. The normalized spacial score (nSPS) is 11.1. The number of rotatable bonds is 5. The van der Waals surface area contributed by atoms with Crippen molar-refractivity contribution >= 4 is 23.6 Å². The molecular weight excluding hydrogens is 358 g/mol. The molecule has 1 aromatic heterocycles. The summed E-state index contributed by atoms with van der Waals surface area (Å²) in [5.74, 6) is -0.958. The van der Waals surface area contributed by atoms with Crippen LogP contribution in [0.4, 0.5) is 11.4 Å². The third-order valence-corrected chi connectivity index (χ3v) is 4.55. The first-order valence-electron chi connectivity index (χ1n) is 8.59. The predicted octanol–water partition coefficient (Wildman–Crippen LogP) is 4.76. The molecular formula is C21H19N3O4. The lowest BCUT2D eigenvalue weighted by atomic mass is 10.1. The van der Waals surface area contributed by atoms with Gasteiger partial charge in [0.1, 0.15) is 0 Å². The fourth-order valence-corrected chi connectivity index (χ4v) is 3.16. The number of carboxylic acids is 1. The van der Waals surface area contributed by atoms with E-state index in [4.69, 9.17) is 5.11 Å². The predicted molar refractivity (Wildman–Crippen MR) is 107 cm³/mol. The molecule has 0 fully saturated rings. The lowest BCUT2D eigenvalue weighted by molar-refractivity contribution is -0.384. The van der Waals surface area contributed by atoms with Gasteiger partial charge in [-0.25, -0.2) is 4.79 Å². The van der Waals surface area contributed by atoms with Gasteiger partial charge in [0, 0.05) is 41.0 Å². The molecule has 1 N–H and O–H groups in total. The van der Waals surface area contributed by atoms with Crippen molar-refractivity contribution in [2.45, 2.75) is 20.8 Å². The molecule has 0 atom stereocenters. The van der Waals surface area contributed by atoms with Crippen LogP contribution in [0.3, 0.4) is 0 Å². The number of nitrogens with zero attached hydrogens (tertiary/aromatic N) is 3. The molecule has 0 aliphatic heterocycles. The van der Waals surface area contributed by atoms with Crippen molar-refractivity contribution in [3.63, 3.8) is 0 Å². The van der Waals surface area contributed by atoms with Crippen molar-refractivity contribution in [1.29, 1.82) is 0 Å². The molecule has 7 heteroatoms. The van der Waals surface area contributed by atoms with E-state index in [0.29, 0.717) is 5.69 Å². The van der Waals surface area contributed by atoms with Crippen LogP contribution in [-0.4, -0.2) is 26.8 Å². The van der Waals surface area contributed by atoms with E-state index in [1.807, 2.05) is 31.4 Å². The molecule has 142 valence electrons. The van der Waals surface area contributed by atoms with Crippen LogP contribution in [0, 0.1) is 30.9 Å². The smallest absolute Gasteiger partial charge is 0.335 e. The minimum atomic E-state index is -0.958. The summed E-state index contributed by atoms with van der Waals surface area (Å²) in [6, 6.07) is 13.1. The molecule has 0 saturated carbocycles. The maximum Gasteiger partial charge on any atom is 0.335 e. The van der Waals surface area contributed by atoms with E-state index >= 15 is 0 Å². The zero-order valence-electron chi connectivity index (χ0n) is 15.7. The number of carbonyl (C=O) groups is 1. The second-order valence-corrected chi connectivity index (χ2v) is 6.50. The summed E-state index contributed by atoms with van der Waals surface area (Å²) in [7, 11) is 0. The van der Waals surface area contributed by atoms with Gasteiger partial charge in [0.2, 0.25) is 0 Å². The Morgan fingerprint density at radius 1 is 1.14 bits per heavy atom. The van der Waals surface area contributed by atoms with E-state index in [1.54, 1.807) is 36.5 Å². The Labute approximate surface area is 161 Å². The van der Waals surface area contributed by atoms with Crippen molar-refractivity contribution in [3.05, 3.63) is 86.7 Å². The highest BCUT2D eigenvalue weighted by Gasteiger charge is 2.13. The first-order chi connectivity index (χ1) is 13.3.